The van der Waals surface area contributed by atoms with Gasteiger partial charge in [0.15, 0.2) is 0 Å². The van der Waals surface area contributed by atoms with Crippen molar-refractivity contribution in [1.29, 1.82) is 0 Å². The summed E-state index contributed by atoms with van der Waals surface area (Å²) in [5.41, 5.74) is 1.07. The number of halogens is 1. The van der Waals surface area contributed by atoms with E-state index in [0.29, 0.717) is 18.1 Å². The van der Waals surface area contributed by atoms with E-state index in [4.69, 9.17) is 16.3 Å². The summed E-state index contributed by atoms with van der Waals surface area (Å²) in [5.74, 6) is 1.11. The van der Waals surface area contributed by atoms with Gasteiger partial charge in [0.1, 0.15) is 5.75 Å². The highest BCUT2D eigenvalue weighted by molar-refractivity contribution is 6.30. The number of carbonyl (C=O) groups is 2. The summed E-state index contributed by atoms with van der Waals surface area (Å²) in [6, 6.07) is 5.70. The van der Waals surface area contributed by atoms with Gasteiger partial charge in [0, 0.05) is 76.4 Å². The summed E-state index contributed by atoms with van der Waals surface area (Å²) in [6.07, 6.45) is 1.50. The van der Waals surface area contributed by atoms with Crippen LogP contribution in [0.5, 0.6) is 5.75 Å². The van der Waals surface area contributed by atoms with Crippen molar-refractivity contribution in [3.8, 4) is 5.75 Å². The van der Waals surface area contributed by atoms with Gasteiger partial charge < -0.3 is 19.4 Å². The zero-order valence-corrected chi connectivity index (χ0v) is 18.3. The van der Waals surface area contributed by atoms with Crippen LogP contribution >= 0.6 is 11.6 Å². The van der Waals surface area contributed by atoms with E-state index in [1.807, 2.05) is 28.0 Å². The van der Waals surface area contributed by atoms with Crippen molar-refractivity contribution in [3.63, 3.8) is 0 Å². The average molecular weight is 423 g/mol. The number of benzene rings is 1. The first-order valence-corrected chi connectivity index (χ1v) is 10.6. The second kappa shape index (κ2) is 9.67. The lowest BCUT2D eigenvalue weighted by molar-refractivity contribution is -0.138. The zero-order valence-electron chi connectivity index (χ0n) is 17.6. The van der Waals surface area contributed by atoms with E-state index < -0.39 is 0 Å². The van der Waals surface area contributed by atoms with Gasteiger partial charge in [0.25, 0.3) is 0 Å². The fraction of sp³-hybridized carbons (Fsp3) is 0.619. The van der Waals surface area contributed by atoms with Crippen LogP contribution in [0.1, 0.15) is 18.4 Å². The van der Waals surface area contributed by atoms with Crippen molar-refractivity contribution < 1.29 is 14.3 Å². The molecule has 1 aromatic carbocycles. The molecule has 2 saturated heterocycles. The Morgan fingerprint density at radius 2 is 1.72 bits per heavy atom. The second-order valence-electron chi connectivity index (χ2n) is 8.00. The number of nitrogens with zero attached hydrogens (tertiary/aromatic N) is 4. The first-order chi connectivity index (χ1) is 13.9. The van der Waals surface area contributed by atoms with E-state index >= 15 is 0 Å². The molecule has 160 valence electrons. The zero-order chi connectivity index (χ0) is 21.0. The molecule has 0 aliphatic carbocycles. The van der Waals surface area contributed by atoms with Crippen LogP contribution in [0.4, 0.5) is 4.79 Å². The van der Waals surface area contributed by atoms with E-state index in [9.17, 15) is 9.59 Å². The molecule has 2 fully saturated rings. The Balaban J connectivity index is 1.48. The fourth-order valence-electron chi connectivity index (χ4n) is 4.10. The molecule has 0 spiro atoms. The maximum atomic E-state index is 12.9. The monoisotopic (exact) mass is 422 g/mol. The van der Waals surface area contributed by atoms with Crippen molar-refractivity contribution in [2.75, 3.05) is 60.5 Å². The molecular formula is C21H31ClN4O3. The van der Waals surface area contributed by atoms with Gasteiger partial charge in [0.05, 0.1) is 7.11 Å². The molecule has 0 saturated carbocycles. The maximum Gasteiger partial charge on any atom is 0.319 e. The number of likely N-dealkylation sites (tertiary alicyclic amines) is 1. The maximum absolute atomic E-state index is 12.9. The second-order valence-corrected chi connectivity index (χ2v) is 8.43. The fourth-order valence-corrected chi connectivity index (χ4v) is 4.29. The average Bonchev–Trinajstić information content (AvgIpc) is 2.73. The van der Waals surface area contributed by atoms with Crippen molar-refractivity contribution >= 4 is 23.5 Å². The number of carbonyl (C=O) groups excluding carboxylic acids is 2. The third kappa shape index (κ3) is 5.34. The van der Waals surface area contributed by atoms with Crippen LogP contribution in [-0.4, -0.2) is 92.0 Å². The number of hydrogen-bond donors (Lipinski definition) is 0. The molecule has 0 unspecified atom stereocenters. The SMILES string of the molecule is COc1ccc(Cl)cc1CN1CCN(C(=O)C2CCN(C(=O)N(C)C)CC2)CC1. The minimum Gasteiger partial charge on any atom is -0.496 e. The van der Waals surface area contributed by atoms with Gasteiger partial charge in [-0.3, -0.25) is 9.69 Å². The Hall–Kier alpha value is -1.99. The van der Waals surface area contributed by atoms with E-state index in [0.717, 1.165) is 56.9 Å². The number of piperidine rings is 1. The quantitative estimate of drug-likeness (QED) is 0.747. The highest BCUT2D eigenvalue weighted by Gasteiger charge is 2.32. The van der Waals surface area contributed by atoms with Crippen molar-refractivity contribution in [2.45, 2.75) is 19.4 Å². The van der Waals surface area contributed by atoms with Crippen LogP contribution in [0.2, 0.25) is 5.02 Å². The molecule has 0 aromatic heterocycles. The normalized spacial score (nSPS) is 18.6. The molecule has 0 N–H and O–H groups in total. The Morgan fingerprint density at radius 1 is 1.07 bits per heavy atom. The molecule has 7 nitrogen and oxygen atoms in total. The summed E-state index contributed by atoms with van der Waals surface area (Å²) in [5, 5.41) is 0.703. The van der Waals surface area contributed by atoms with Crippen LogP contribution in [-0.2, 0) is 11.3 Å². The predicted octanol–water partition coefficient (Wildman–Crippen LogP) is 2.39. The third-order valence-electron chi connectivity index (χ3n) is 5.82. The standard InChI is InChI=1S/C21H31ClN4O3/c1-23(2)21(28)26-8-6-16(7-9-26)20(27)25-12-10-24(11-13-25)15-17-14-18(22)4-5-19(17)29-3/h4-5,14,16H,6-13,15H2,1-3H3. The van der Waals surface area contributed by atoms with E-state index in [1.54, 1.807) is 26.1 Å². The topological polar surface area (TPSA) is 56.3 Å². The van der Waals surface area contributed by atoms with Gasteiger partial charge in [-0.05, 0) is 31.0 Å². The van der Waals surface area contributed by atoms with Crippen LogP contribution in [0.3, 0.4) is 0 Å². The molecule has 3 amide bonds. The molecule has 3 rings (SSSR count). The molecule has 2 aliphatic heterocycles. The largest absolute Gasteiger partial charge is 0.496 e. The number of piperazine rings is 1. The summed E-state index contributed by atoms with van der Waals surface area (Å²) in [6.45, 7) is 5.20. The van der Waals surface area contributed by atoms with E-state index in [2.05, 4.69) is 4.90 Å². The Labute approximate surface area is 178 Å². The van der Waals surface area contributed by atoms with Gasteiger partial charge in [-0.15, -0.1) is 0 Å². The van der Waals surface area contributed by atoms with Crippen LogP contribution in [0.15, 0.2) is 18.2 Å². The smallest absolute Gasteiger partial charge is 0.319 e. The number of methoxy groups -OCH3 is 1. The van der Waals surface area contributed by atoms with Crippen LogP contribution in [0.25, 0.3) is 0 Å². The Morgan fingerprint density at radius 3 is 2.31 bits per heavy atom. The number of hydrogen-bond acceptors (Lipinski definition) is 4. The van der Waals surface area contributed by atoms with Crippen molar-refractivity contribution in [2.24, 2.45) is 5.92 Å². The molecule has 0 atom stereocenters. The van der Waals surface area contributed by atoms with Crippen molar-refractivity contribution in [1.82, 2.24) is 19.6 Å². The minimum atomic E-state index is 0.0285. The van der Waals surface area contributed by atoms with Gasteiger partial charge in [-0.2, -0.15) is 0 Å². The van der Waals surface area contributed by atoms with Gasteiger partial charge in [-0.25, -0.2) is 4.79 Å². The van der Waals surface area contributed by atoms with Crippen LogP contribution in [0, 0.1) is 5.92 Å². The molecule has 0 radical (unpaired) electrons. The Kier molecular flexibility index (Phi) is 7.24. The molecule has 1 aromatic rings. The molecule has 2 aliphatic rings. The predicted molar refractivity (Wildman–Crippen MR) is 113 cm³/mol. The number of ether oxygens (including phenoxy) is 1. The van der Waals surface area contributed by atoms with Gasteiger partial charge in [0.2, 0.25) is 5.91 Å². The summed E-state index contributed by atoms with van der Waals surface area (Å²) in [7, 11) is 5.19. The molecule has 0 bridgehead atoms. The Bertz CT molecular complexity index is 727. The van der Waals surface area contributed by atoms with E-state index in [-0.39, 0.29) is 17.9 Å². The van der Waals surface area contributed by atoms with Crippen molar-refractivity contribution in [3.05, 3.63) is 28.8 Å². The minimum absolute atomic E-state index is 0.0285. The lowest BCUT2D eigenvalue weighted by atomic mass is 9.95. The highest BCUT2D eigenvalue weighted by Crippen LogP contribution is 2.25. The number of rotatable bonds is 4. The molecule has 2 heterocycles. The third-order valence-corrected chi connectivity index (χ3v) is 6.05. The number of amides is 3. The molecular weight excluding hydrogens is 392 g/mol. The first kappa shape index (κ1) is 21.7. The first-order valence-electron chi connectivity index (χ1n) is 10.2. The van der Waals surface area contributed by atoms with Gasteiger partial charge >= 0.3 is 6.03 Å². The lowest BCUT2D eigenvalue weighted by Crippen LogP contribution is -2.52. The molecule has 29 heavy (non-hydrogen) atoms. The van der Waals surface area contributed by atoms with E-state index in [1.165, 1.54) is 0 Å². The number of urea groups is 1. The highest BCUT2D eigenvalue weighted by atomic mass is 35.5. The van der Waals surface area contributed by atoms with Crippen LogP contribution < -0.4 is 4.74 Å². The van der Waals surface area contributed by atoms with Gasteiger partial charge in [-0.1, -0.05) is 11.6 Å². The lowest BCUT2D eigenvalue weighted by Gasteiger charge is -2.39. The summed E-state index contributed by atoms with van der Waals surface area (Å²) < 4.78 is 5.44. The summed E-state index contributed by atoms with van der Waals surface area (Å²) >= 11 is 6.14. The molecule has 8 heteroatoms. The summed E-state index contributed by atoms with van der Waals surface area (Å²) in [4.78, 5) is 32.7.